The SMILES string of the molecule is CC(C)C(C)(O)COc1cc([N+](=O)[O-])ccc1Cl. The molecule has 0 spiro atoms. The lowest BCUT2D eigenvalue weighted by atomic mass is 9.94. The van der Waals surface area contributed by atoms with E-state index in [2.05, 4.69) is 0 Å². The number of aliphatic hydroxyl groups is 1. The molecule has 0 saturated heterocycles. The van der Waals surface area contributed by atoms with Crippen LogP contribution in [-0.4, -0.2) is 22.2 Å². The van der Waals surface area contributed by atoms with Gasteiger partial charge in [0.15, 0.2) is 0 Å². The van der Waals surface area contributed by atoms with Crippen LogP contribution >= 0.6 is 11.6 Å². The van der Waals surface area contributed by atoms with E-state index < -0.39 is 10.5 Å². The van der Waals surface area contributed by atoms with E-state index in [9.17, 15) is 15.2 Å². The lowest BCUT2D eigenvalue weighted by Crippen LogP contribution is -2.37. The Morgan fingerprint density at radius 1 is 1.56 bits per heavy atom. The highest BCUT2D eigenvalue weighted by atomic mass is 35.5. The summed E-state index contributed by atoms with van der Waals surface area (Å²) in [5, 5.41) is 20.9. The Morgan fingerprint density at radius 2 is 2.17 bits per heavy atom. The second kappa shape index (κ2) is 5.54. The molecule has 18 heavy (non-hydrogen) atoms. The van der Waals surface area contributed by atoms with Crippen molar-refractivity contribution in [2.75, 3.05) is 6.61 Å². The maximum absolute atomic E-state index is 10.6. The molecule has 1 aromatic rings. The molecule has 0 aliphatic carbocycles. The van der Waals surface area contributed by atoms with Crippen LogP contribution in [0.5, 0.6) is 5.75 Å². The van der Waals surface area contributed by atoms with Crippen molar-refractivity contribution in [3.05, 3.63) is 33.3 Å². The molecule has 0 radical (unpaired) electrons. The standard InChI is InChI=1S/C12H16ClNO4/c1-8(2)12(3,15)7-18-11-6-9(14(16)17)4-5-10(11)13/h4-6,8,15H,7H2,1-3H3. The first kappa shape index (κ1) is 14.7. The smallest absolute Gasteiger partial charge is 0.273 e. The molecule has 0 aliphatic heterocycles. The van der Waals surface area contributed by atoms with Crippen LogP contribution in [0.4, 0.5) is 5.69 Å². The summed E-state index contributed by atoms with van der Waals surface area (Å²) >= 11 is 5.88. The highest BCUT2D eigenvalue weighted by Gasteiger charge is 2.26. The predicted molar refractivity (Wildman–Crippen MR) is 69.1 cm³/mol. The summed E-state index contributed by atoms with van der Waals surface area (Å²) in [5.41, 5.74) is -1.12. The summed E-state index contributed by atoms with van der Waals surface area (Å²) in [6, 6.07) is 3.95. The zero-order valence-electron chi connectivity index (χ0n) is 10.5. The number of benzene rings is 1. The molecular weight excluding hydrogens is 258 g/mol. The van der Waals surface area contributed by atoms with Gasteiger partial charge in [0.2, 0.25) is 0 Å². The van der Waals surface area contributed by atoms with E-state index in [0.717, 1.165) is 0 Å². The Labute approximate surface area is 110 Å². The number of ether oxygens (including phenoxy) is 1. The van der Waals surface area contributed by atoms with Gasteiger partial charge in [-0.2, -0.15) is 0 Å². The molecule has 0 fully saturated rings. The van der Waals surface area contributed by atoms with Crippen LogP contribution in [0.3, 0.4) is 0 Å². The first-order chi connectivity index (χ1) is 8.24. The second-order valence-electron chi connectivity index (χ2n) is 4.67. The van der Waals surface area contributed by atoms with Gasteiger partial charge in [0.25, 0.3) is 5.69 Å². The van der Waals surface area contributed by atoms with E-state index >= 15 is 0 Å². The number of non-ortho nitro benzene ring substituents is 1. The quantitative estimate of drug-likeness (QED) is 0.661. The maximum atomic E-state index is 10.6. The van der Waals surface area contributed by atoms with E-state index in [4.69, 9.17) is 16.3 Å². The number of nitro groups is 1. The summed E-state index contributed by atoms with van der Waals surface area (Å²) in [7, 11) is 0. The number of hydrogen-bond donors (Lipinski definition) is 1. The number of hydrogen-bond acceptors (Lipinski definition) is 4. The molecule has 1 N–H and O–H groups in total. The van der Waals surface area contributed by atoms with E-state index in [0.29, 0.717) is 0 Å². The van der Waals surface area contributed by atoms with Gasteiger partial charge in [0.1, 0.15) is 12.4 Å². The van der Waals surface area contributed by atoms with Crippen LogP contribution < -0.4 is 4.74 Å². The van der Waals surface area contributed by atoms with Crippen LogP contribution in [0.15, 0.2) is 18.2 Å². The molecule has 1 rings (SSSR count). The highest BCUT2D eigenvalue weighted by molar-refractivity contribution is 6.32. The number of halogens is 1. The van der Waals surface area contributed by atoms with Crippen molar-refractivity contribution in [1.82, 2.24) is 0 Å². The van der Waals surface area contributed by atoms with Gasteiger partial charge in [0, 0.05) is 6.07 Å². The molecule has 0 bridgehead atoms. The van der Waals surface area contributed by atoms with Crippen molar-refractivity contribution in [2.45, 2.75) is 26.4 Å². The summed E-state index contributed by atoms with van der Waals surface area (Å²) in [5.74, 6) is 0.196. The van der Waals surface area contributed by atoms with E-state index in [1.165, 1.54) is 18.2 Å². The third-order valence-corrected chi connectivity index (χ3v) is 3.20. The van der Waals surface area contributed by atoms with Crippen LogP contribution in [0.2, 0.25) is 5.02 Å². The summed E-state index contributed by atoms with van der Waals surface area (Å²) < 4.78 is 5.37. The summed E-state index contributed by atoms with van der Waals surface area (Å²) in [4.78, 5) is 10.1. The largest absolute Gasteiger partial charge is 0.489 e. The molecule has 100 valence electrons. The van der Waals surface area contributed by atoms with Crippen molar-refractivity contribution in [2.24, 2.45) is 5.92 Å². The van der Waals surface area contributed by atoms with Crippen LogP contribution in [-0.2, 0) is 0 Å². The zero-order chi connectivity index (χ0) is 13.9. The topological polar surface area (TPSA) is 72.6 Å². The van der Waals surface area contributed by atoms with Gasteiger partial charge in [-0.1, -0.05) is 25.4 Å². The first-order valence-electron chi connectivity index (χ1n) is 5.53. The molecule has 0 amide bonds. The lowest BCUT2D eigenvalue weighted by molar-refractivity contribution is -0.384. The number of nitrogens with zero attached hydrogens (tertiary/aromatic N) is 1. The van der Waals surface area contributed by atoms with E-state index in [1.54, 1.807) is 6.92 Å². The average molecular weight is 274 g/mol. The fourth-order valence-corrected chi connectivity index (χ4v) is 1.28. The van der Waals surface area contributed by atoms with Gasteiger partial charge in [0.05, 0.1) is 21.6 Å². The third-order valence-electron chi connectivity index (χ3n) is 2.89. The van der Waals surface area contributed by atoms with Crippen molar-refractivity contribution in [3.63, 3.8) is 0 Å². The maximum Gasteiger partial charge on any atom is 0.273 e. The normalized spacial score (nSPS) is 14.3. The van der Waals surface area contributed by atoms with E-state index in [-0.39, 0.29) is 29.0 Å². The fraction of sp³-hybridized carbons (Fsp3) is 0.500. The van der Waals surface area contributed by atoms with Gasteiger partial charge < -0.3 is 9.84 Å². The number of rotatable bonds is 5. The Hall–Kier alpha value is -1.33. The lowest BCUT2D eigenvalue weighted by Gasteiger charge is -2.27. The number of nitro benzene ring substituents is 1. The summed E-state index contributed by atoms with van der Waals surface area (Å²) in [6.45, 7) is 5.38. The third kappa shape index (κ3) is 3.58. The van der Waals surface area contributed by atoms with Gasteiger partial charge in [-0.25, -0.2) is 0 Å². The fourth-order valence-electron chi connectivity index (χ4n) is 1.11. The van der Waals surface area contributed by atoms with Gasteiger partial charge in [-0.15, -0.1) is 0 Å². The van der Waals surface area contributed by atoms with Crippen molar-refractivity contribution in [1.29, 1.82) is 0 Å². The molecule has 1 unspecified atom stereocenters. The van der Waals surface area contributed by atoms with E-state index in [1.807, 2.05) is 13.8 Å². The van der Waals surface area contributed by atoms with Crippen LogP contribution in [0.1, 0.15) is 20.8 Å². The average Bonchev–Trinajstić information content (AvgIpc) is 2.27. The first-order valence-corrected chi connectivity index (χ1v) is 5.91. The van der Waals surface area contributed by atoms with Crippen molar-refractivity contribution >= 4 is 17.3 Å². The Morgan fingerprint density at radius 3 is 2.67 bits per heavy atom. The van der Waals surface area contributed by atoms with Crippen molar-refractivity contribution < 1.29 is 14.8 Å². The van der Waals surface area contributed by atoms with Gasteiger partial charge in [-0.05, 0) is 18.9 Å². The van der Waals surface area contributed by atoms with Gasteiger partial charge in [-0.3, -0.25) is 10.1 Å². The minimum absolute atomic E-state index is 0.00465. The molecule has 0 aromatic heterocycles. The Kier molecular flexibility index (Phi) is 4.53. The van der Waals surface area contributed by atoms with Crippen molar-refractivity contribution in [3.8, 4) is 5.75 Å². The monoisotopic (exact) mass is 273 g/mol. The minimum Gasteiger partial charge on any atom is -0.489 e. The summed E-state index contributed by atoms with van der Waals surface area (Å²) in [6.07, 6.45) is 0. The molecule has 5 nitrogen and oxygen atoms in total. The minimum atomic E-state index is -1.02. The molecule has 0 heterocycles. The molecule has 6 heteroatoms. The molecular formula is C12H16ClNO4. The Bertz CT molecular complexity index is 446. The predicted octanol–water partition coefficient (Wildman–Crippen LogP) is 3.03. The van der Waals surface area contributed by atoms with Crippen LogP contribution in [0, 0.1) is 16.0 Å². The molecule has 1 aromatic carbocycles. The zero-order valence-corrected chi connectivity index (χ0v) is 11.3. The van der Waals surface area contributed by atoms with Gasteiger partial charge >= 0.3 is 0 Å². The highest BCUT2D eigenvalue weighted by Crippen LogP contribution is 2.30. The molecule has 1 atom stereocenters. The molecule has 0 aliphatic rings. The van der Waals surface area contributed by atoms with Crippen LogP contribution in [0.25, 0.3) is 0 Å². The molecule has 0 saturated carbocycles. The Balaban J connectivity index is 2.85. The second-order valence-corrected chi connectivity index (χ2v) is 5.08.